The highest BCUT2D eigenvalue weighted by Crippen LogP contribution is 1.81. The quantitative estimate of drug-likeness (QED) is 0.541. The van der Waals surface area contributed by atoms with Crippen molar-refractivity contribution in [2.75, 3.05) is 12.8 Å². The van der Waals surface area contributed by atoms with Crippen LogP contribution in [-0.2, 0) is 14.8 Å². The fourth-order valence-corrected chi connectivity index (χ4v) is 0.662. The molecule has 53 valence electrons. The first kappa shape index (κ1) is 8.38. The molecule has 0 heterocycles. The Morgan fingerprint density at radius 3 is 2.22 bits per heavy atom. The minimum absolute atomic E-state index is 0.927. The molecule has 0 saturated carbocycles. The molecule has 5 nitrogen and oxygen atoms in total. The Bertz CT molecular complexity index is 194. The van der Waals surface area contributed by atoms with Gasteiger partial charge in [0, 0.05) is 7.05 Å². The highest BCUT2D eigenvalue weighted by atomic mass is 32.2. The lowest BCUT2D eigenvalue weighted by Crippen LogP contribution is -2.21. The van der Waals surface area contributed by atoms with E-state index < -0.39 is 21.7 Å². The Labute approximate surface area is 52.7 Å². The largest absolute Gasteiger partial charge is 0.480 e. The van der Waals surface area contributed by atoms with E-state index in [4.69, 9.17) is 5.11 Å². The molecular formula is C3H6NO4S. The van der Waals surface area contributed by atoms with Gasteiger partial charge in [0.15, 0.2) is 5.75 Å². The Hall–Kier alpha value is -0.620. The summed E-state index contributed by atoms with van der Waals surface area (Å²) in [5.41, 5.74) is 0. The summed E-state index contributed by atoms with van der Waals surface area (Å²) in [6.45, 7) is 0. The summed E-state index contributed by atoms with van der Waals surface area (Å²) in [5, 5.41) is 7.94. The summed E-state index contributed by atoms with van der Waals surface area (Å²) in [6.07, 6.45) is 0. The van der Waals surface area contributed by atoms with Crippen molar-refractivity contribution < 1.29 is 18.3 Å². The van der Waals surface area contributed by atoms with Crippen LogP contribution in [-0.4, -0.2) is 32.3 Å². The Morgan fingerprint density at radius 2 is 2.11 bits per heavy atom. The molecule has 0 amide bonds. The number of rotatable bonds is 3. The van der Waals surface area contributed by atoms with Gasteiger partial charge in [0.2, 0.25) is 10.0 Å². The molecule has 0 aromatic heterocycles. The van der Waals surface area contributed by atoms with Gasteiger partial charge in [0.25, 0.3) is 0 Å². The fraction of sp³-hybridized carbons (Fsp3) is 0.667. The maximum Gasteiger partial charge on any atom is 0.320 e. The minimum Gasteiger partial charge on any atom is -0.480 e. The van der Waals surface area contributed by atoms with E-state index >= 15 is 0 Å². The van der Waals surface area contributed by atoms with Crippen molar-refractivity contribution in [3.05, 3.63) is 0 Å². The van der Waals surface area contributed by atoms with Gasteiger partial charge in [-0.2, -0.15) is 0 Å². The Morgan fingerprint density at radius 1 is 1.67 bits per heavy atom. The third kappa shape index (κ3) is 3.92. The molecule has 0 spiro atoms. The van der Waals surface area contributed by atoms with Crippen LogP contribution in [0.4, 0.5) is 0 Å². The number of aliphatic carboxylic acids is 1. The van der Waals surface area contributed by atoms with Gasteiger partial charge < -0.3 is 5.11 Å². The summed E-state index contributed by atoms with van der Waals surface area (Å²) in [5.74, 6) is -2.32. The lowest BCUT2D eigenvalue weighted by Gasteiger charge is -1.92. The fourth-order valence-electron chi connectivity index (χ4n) is 0.221. The second kappa shape index (κ2) is 2.79. The second-order valence-electron chi connectivity index (χ2n) is 1.30. The third-order valence-electron chi connectivity index (χ3n) is 0.584. The molecule has 0 fully saturated rings. The van der Waals surface area contributed by atoms with E-state index in [1.807, 2.05) is 0 Å². The average Bonchev–Trinajstić information content (AvgIpc) is 1.63. The first-order valence-corrected chi connectivity index (χ1v) is 3.64. The maximum atomic E-state index is 10.3. The summed E-state index contributed by atoms with van der Waals surface area (Å²) < 4.78 is 23.4. The number of carboxylic acids is 1. The van der Waals surface area contributed by atoms with E-state index in [0.29, 0.717) is 0 Å². The first-order chi connectivity index (χ1) is 3.98. The topological polar surface area (TPSA) is 85.5 Å². The summed E-state index contributed by atoms with van der Waals surface area (Å²) >= 11 is 0. The molecule has 0 bridgehead atoms. The van der Waals surface area contributed by atoms with Crippen molar-refractivity contribution in [1.82, 2.24) is 4.72 Å². The molecule has 0 atom stereocenters. The highest BCUT2D eigenvalue weighted by molar-refractivity contribution is 7.90. The molecule has 9 heavy (non-hydrogen) atoms. The number of carboxylic acid groups (broad SMARTS) is 1. The molecule has 1 N–H and O–H groups in total. The van der Waals surface area contributed by atoms with Gasteiger partial charge in [-0.25, -0.2) is 8.42 Å². The third-order valence-corrected chi connectivity index (χ3v) is 1.75. The van der Waals surface area contributed by atoms with E-state index in [1.54, 1.807) is 0 Å². The molecule has 0 aliphatic rings. The van der Waals surface area contributed by atoms with Crippen LogP contribution in [0.3, 0.4) is 0 Å². The number of nitrogens with zero attached hydrogens (tertiary/aromatic N) is 1. The van der Waals surface area contributed by atoms with Gasteiger partial charge in [0.1, 0.15) is 0 Å². The van der Waals surface area contributed by atoms with E-state index in [1.165, 1.54) is 0 Å². The Balaban J connectivity index is 4.06. The maximum absolute atomic E-state index is 10.3. The van der Waals surface area contributed by atoms with Gasteiger partial charge in [0.05, 0.1) is 0 Å². The monoisotopic (exact) mass is 152 g/mol. The molecule has 0 saturated heterocycles. The van der Waals surface area contributed by atoms with E-state index in [9.17, 15) is 13.2 Å². The van der Waals surface area contributed by atoms with Crippen molar-refractivity contribution >= 4 is 16.0 Å². The van der Waals surface area contributed by atoms with E-state index in [0.717, 1.165) is 7.05 Å². The van der Waals surface area contributed by atoms with E-state index in [-0.39, 0.29) is 0 Å². The van der Waals surface area contributed by atoms with E-state index in [2.05, 4.69) is 4.72 Å². The van der Waals surface area contributed by atoms with Crippen molar-refractivity contribution in [3.63, 3.8) is 0 Å². The number of hydrogen-bond acceptors (Lipinski definition) is 3. The van der Waals surface area contributed by atoms with Gasteiger partial charge in [-0.1, -0.05) is 0 Å². The molecule has 0 aromatic rings. The van der Waals surface area contributed by atoms with Gasteiger partial charge in [-0.3, -0.25) is 4.79 Å². The lowest BCUT2D eigenvalue weighted by atomic mass is 10.8. The van der Waals surface area contributed by atoms with Crippen LogP contribution in [0.25, 0.3) is 0 Å². The molecule has 0 unspecified atom stereocenters. The van der Waals surface area contributed by atoms with Crippen LogP contribution in [0, 0.1) is 0 Å². The van der Waals surface area contributed by atoms with Crippen LogP contribution >= 0.6 is 0 Å². The number of hydrogen-bond donors (Lipinski definition) is 1. The summed E-state index contributed by atoms with van der Waals surface area (Å²) in [4.78, 5) is 9.73. The Kier molecular flexibility index (Phi) is 2.60. The van der Waals surface area contributed by atoms with Crippen LogP contribution in [0.15, 0.2) is 0 Å². The first-order valence-electron chi connectivity index (χ1n) is 2.03. The molecule has 6 heteroatoms. The zero-order valence-electron chi connectivity index (χ0n) is 4.73. The molecule has 0 aliphatic carbocycles. The predicted molar refractivity (Wildman–Crippen MR) is 29.5 cm³/mol. The zero-order chi connectivity index (χ0) is 7.49. The van der Waals surface area contributed by atoms with Gasteiger partial charge in [-0.15, -0.1) is 4.72 Å². The van der Waals surface area contributed by atoms with Crippen LogP contribution in [0.2, 0.25) is 0 Å². The number of sulfonamides is 1. The molecule has 0 aliphatic heterocycles. The van der Waals surface area contributed by atoms with Crippen LogP contribution < -0.4 is 4.72 Å². The van der Waals surface area contributed by atoms with Gasteiger partial charge >= 0.3 is 5.97 Å². The van der Waals surface area contributed by atoms with Crippen molar-refractivity contribution in [3.8, 4) is 0 Å². The van der Waals surface area contributed by atoms with Crippen LogP contribution in [0.5, 0.6) is 0 Å². The SMILES string of the molecule is C[N]S(=O)(=O)CC(=O)O. The van der Waals surface area contributed by atoms with Crippen LogP contribution in [0.1, 0.15) is 0 Å². The molecular weight excluding hydrogens is 146 g/mol. The standard InChI is InChI=1S/C3H6NO4S/c1-4-9(7,8)2-3(5)6/h2H2,1H3,(H,5,6). The summed E-state index contributed by atoms with van der Waals surface area (Å²) in [7, 11) is -2.65. The summed E-state index contributed by atoms with van der Waals surface area (Å²) in [6, 6.07) is 0. The smallest absolute Gasteiger partial charge is 0.320 e. The van der Waals surface area contributed by atoms with Crippen molar-refractivity contribution in [2.24, 2.45) is 0 Å². The molecule has 0 rings (SSSR count). The lowest BCUT2D eigenvalue weighted by molar-refractivity contribution is -0.134. The highest BCUT2D eigenvalue weighted by Gasteiger charge is 2.12. The van der Waals surface area contributed by atoms with Gasteiger partial charge in [-0.05, 0) is 0 Å². The zero-order valence-corrected chi connectivity index (χ0v) is 5.55. The molecule has 0 aromatic carbocycles. The molecule has 1 radical (unpaired) electrons. The normalized spacial score (nSPS) is 11.2. The predicted octanol–water partition coefficient (Wildman–Crippen LogP) is -1.36. The average molecular weight is 152 g/mol. The van der Waals surface area contributed by atoms with Crippen molar-refractivity contribution in [2.45, 2.75) is 0 Å². The number of carbonyl (C=O) groups is 1. The van der Waals surface area contributed by atoms with Crippen molar-refractivity contribution in [1.29, 1.82) is 0 Å². The second-order valence-corrected chi connectivity index (χ2v) is 3.12. The minimum atomic E-state index is -3.69.